The molecule has 0 unspecified atom stereocenters. The molecule has 6 aromatic heterocycles. The standard InChI is InChI=1S/C26H22N8OS/c1-34(2)13-23(35)29-17-9-16(11-27-12-17)20-3-4-21-24(30-20)25(33-32-21)22-10-19-18(15-6-8-36-14-15)5-7-28-26(19)31-22/h3-12,14H,13H2,1-2H3,(H,28,31)(H,29,35)(H,32,33). The zero-order valence-corrected chi connectivity index (χ0v) is 20.4. The van der Waals surface area contributed by atoms with Gasteiger partial charge in [0.1, 0.15) is 16.9 Å². The van der Waals surface area contributed by atoms with Crippen LogP contribution in [0.3, 0.4) is 0 Å². The van der Waals surface area contributed by atoms with E-state index in [1.54, 1.807) is 23.7 Å². The Morgan fingerprint density at radius 3 is 2.86 bits per heavy atom. The van der Waals surface area contributed by atoms with E-state index in [4.69, 9.17) is 4.98 Å². The summed E-state index contributed by atoms with van der Waals surface area (Å²) >= 11 is 1.67. The number of thiophene rings is 1. The first-order chi connectivity index (χ1) is 17.5. The summed E-state index contributed by atoms with van der Waals surface area (Å²) in [5.74, 6) is -0.103. The number of fused-ring (bicyclic) bond motifs is 2. The second-order valence-corrected chi connectivity index (χ2v) is 9.51. The molecule has 3 N–H and O–H groups in total. The van der Waals surface area contributed by atoms with E-state index < -0.39 is 0 Å². The van der Waals surface area contributed by atoms with Gasteiger partial charge in [0.25, 0.3) is 0 Å². The van der Waals surface area contributed by atoms with Crippen LogP contribution in [0.25, 0.3) is 55.8 Å². The maximum atomic E-state index is 12.2. The van der Waals surface area contributed by atoms with E-state index in [2.05, 4.69) is 53.4 Å². The Labute approximate surface area is 210 Å². The lowest BCUT2D eigenvalue weighted by atomic mass is 10.1. The molecule has 0 aliphatic rings. The molecule has 1 amide bonds. The van der Waals surface area contributed by atoms with Gasteiger partial charge in [-0.1, -0.05) is 0 Å². The number of pyridine rings is 3. The number of carbonyl (C=O) groups is 1. The fourth-order valence-electron chi connectivity index (χ4n) is 4.21. The molecule has 36 heavy (non-hydrogen) atoms. The molecular weight excluding hydrogens is 472 g/mol. The summed E-state index contributed by atoms with van der Waals surface area (Å²) in [5.41, 5.74) is 8.33. The number of rotatable bonds is 6. The molecule has 0 radical (unpaired) electrons. The first kappa shape index (κ1) is 22.1. The van der Waals surface area contributed by atoms with Crippen molar-refractivity contribution in [3.8, 4) is 33.8 Å². The molecule has 0 atom stereocenters. The van der Waals surface area contributed by atoms with Gasteiger partial charge in [0, 0.05) is 23.3 Å². The number of nitrogens with zero attached hydrogens (tertiary/aromatic N) is 5. The van der Waals surface area contributed by atoms with Gasteiger partial charge in [0.05, 0.1) is 35.3 Å². The Balaban J connectivity index is 1.38. The SMILES string of the molecule is CN(C)CC(=O)Nc1cncc(-c2ccc3[nH]nc(-c4cc5c(-c6ccsc6)ccnc5[nH]4)c3n2)c1. The zero-order chi connectivity index (χ0) is 24.6. The Hall–Kier alpha value is -4.41. The fourth-order valence-corrected chi connectivity index (χ4v) is 4.86. The van der Waals surface area contributed by atoms with Crippen LogP contribution in [0.4, 0.5) is 5.69 Å². The van der Waals surface area contributed by atoms with E-state index in [-0.39, 0.29) is 5.91 Å². The topological polar surface area (TPSA) is 115 Å². The number of H-pyrrole nitrogens is 2. The van der Waals surface area contributed by atoms with Gasteiger partial charge in [-0.3, -0.25) is 14.9 Å². The van der Waals surface area contributed by atoms with Crippen molar-refractivity contribution in [1.82, 2.24) is 35.0 Å². The number of amides is 1. The second-order valence-electron chi connectivity index (χ2n) is 8.73. The molecule has 6 rings (SSSR count). The molecule has 0 fully saturated rings. The van der Waals surface area contributed by atoms with Gasteiger partial charge < -0.3 is 15.2 Å². The molecule has 0 bridgehead atoms. The van der Waals surface area contributed by atoms with Crippen LogP contribution in [0.2, 0.25) is 0 Å². The average molecular weight is 495 g/mol. The van der Waals surface area contributed by atoms with E-state index in [1.165, 1.54) is 0 Å². The largest absolute Gasteiger partial charge is 0.338 e. The summed E-state index contributed by atoms with van der Waals surface area (Å²) in [6.45, 7) is 0.292. The summed E-state index contributed by atoms with van der Waals surface area (Å²) in [7, 11) is 3.70. The molecule has 6 aromatic rings. The van der Waals surface area contributed by atoms with Crippen LogP contribution in [0.15, 0.2) is 65.7 Å². The Morgan fingerprint density at radius 2 is 2.03 bits per heavy atom. The number of likely N-dealkylation sites (N-methyl/N-ethyl adjacent to an activating group) is 1. The number of anilines is 1. The van der Waals surface area contributed by atoms with Crippen LogP contribution in [0.5, 0.6) is 0 Å². The van der Waals surface area contributed by atoms with Crippen LogP contribution in [0, 0.1) is 0 Å². The first-order valence-electron chi connectivity index (χ1n) is 11.3. The lowest BCUT2D eigenvalue weighted by Crippen LogP contribution is -2.27. The fraction of sp³-hybridized carbons (Fsp3) is 0.115. The average Bonchev–Trinajstić information content (AvgIpc) is 3.62. The highest BCUT2D eigenvalue weighted by molar-refractivity contribution is 7.08. The van der Waals surface area contributed by atoms with Crippen molar-refractivity contribution < 1.29 is 4.79 Å². The summed E-state index contributed by atoms with van der Waals surface area (Å²) in [4.78, 5) is 31.1. The first-order valence-corrected chi connectivity index (χ1v) is 12.3. The van der Waals surface area contributed by atoms with Crippen molar-refractivity contribution in [2.24, 2.45) is 0 Å². The summed E-state index contributed by atoms with van der Waals surface area (Å²) in [6, 6.07) is 11.9. The van der Waals surface area contributed by atoms with Crippen LogP contribution in [-0.2, 0) is 4.79 Å². The van der Waals surface area contributed by atoms with Gasteiger partial charge in [0.15, 0.2) is 0 Å². The summed E-state index contributed by atoms with van der Waals surface area (Å²) in [6.07, 6.45) is 5.17. The smallest absolute Gasteiger partial charge is 0.238 e. The van der Waals surface area contributed by atoms with Gasteiger partial charge >= 0.3 is 0 Å². The lowest BCUT2D eigenvalue weighted by molar-refractivity contribution is -0.116. The van der Waals surface area contributed by atoms with E-state index >= 15 is 0 Å². The second kappa shape index (κ2) is 8.99. The summed E-state index contributed by atoms with van der Waals surface area (Å²) in [5, 5.41) is 15.7. The van der Waals surface area contributed by atoms with E-state index in [1.807, 2.05) is 49.5 Å². The molecular formula is C26H22N8OS. The van der Waals surface area contributed by atoms with Gasteiger partial charge in [-0.05, 0) is 72.4 Å². The number of carbonyl (C=O) groups excluding carboxylic acids is 1. The Morgan fingerprint density at radius 1 is 1.11 bits per heavy atom. The van der Waals surface area contributed by atoms with E-state index in [0.717, 1.165) is 50.1 Å². The highest BCUT2D eigenvalue weighted by Gasteiger charge is 2.16. The molecule has 9 nitrogen and oxygen atoms in total. The zero-order valence-electron chi connectivity index (χ0n) is 19.6. The maximum Gasteiger partial charge on any atom is 0.238 e. The number of aromatic amines is 2. The number of aromatic nitrogens is 6. The lowest BCUT2D eigenvalue weighted by Gasteiger charge is -2.10. The normalized spacial score (nSPS) is 11.5. The third-order valence-corrected chi connectivity index (χ3v) is 6.49. The minimum absolute atomic E-state index is 0.103. The molecule has 10 heteroatoms. The van der Waals surface area contributed by atoms with Crippen LogP contribution >= 0.6 is 11.3 Å². The minimum atomic E-state index is -0.103. The van der Waals surface area contributed by atoms with Crippen LogP contribution in [-0.4, -0.2) is 61.6 Å². The van der Waals surface area contributed by atoms with Crippen molar-refractivity contribution in [2.75, 3.05) is 26.0 Å². The molecule has 0 aromatic carbocycles. The monoisotopic (exact) mass is 494 g/mol. The van der Waals surface area contributed by atoms with Crippen LogP contribution in [0.1, 0.15) is 0 Å². The Bertz CT molecular complexity index is 1700. The predicted molar refractivity (Wildman–Crippen MR) is 143 cm³/mol. The highest BCUT2D eigenvalue weighted by Crippen LogP contribution is 2.34. The Kier molecular flexibility index (Phi) is 5.51. The van der Waals surface area contributed by atoms with Crippen molar-refractivity contribution in [3.63, 3.8) is 0 Å². The quantitative estimate of drug-likeness (QED) is 0.307. The molecule has 0 saturated carbocycles. The van der Waals surface area contributed by atoms with Crippen molar-refractivity contribution in [2.45, 2.75) is 0 Å². The number of hydrogen-bond acceptors (Lipinski definition) is 7. The van der Waals surface area contributed by atoms with Gasteiger partial charge in [-0.25, -0.2) is 9.97 Å². The van der Waals surface area contributed by atoms with Gasteiger partial charge in [0.2, 0.25) is 5.91 Å². The van der Waals surface area contributed by atoms with E-state index in [0.29, 0.717) is 17.9 Å². The molecule has 0 spiro atoms. The van der Waals surface area contributed by atoms with Gasteiger partial charge in [-0.15, -0.1) is 0 Å². The van der Waals surface area contributed by atoms with Gasteiger partial charge in [-0.2, -0.15) is 16.4 Å². The van der Waals surface area contributed by atoms with Crippen LogP contribution < -0.4 is 5.32 Å². The molecule has 6 heterocycles. The molecule has 0 aliphatic carbocycles. The van der Waals surface area contributed by atoms with Crippen molar-refractivity contribution in [1.29, 1.82) is 0 Å². The predicted octanol–water partition coefficient (Wildman–Crippen LogP) is 4.79. The minimum Gasteiger partial charge on any atom is -0.338 e. The number of hydrogen-bond donors (Lipinski definition) is 3. The highest BCUT2D eigenvalue weighted by atomic mass is 32.1. The van der Waals surface area contributed by atoms with E-state index in [9.17, 15) is 4.79 Å². The summed E-state index contributed by atoms with van der Waals surface area (Å²) < 4.78 is 0. The molecule has 178 valence electrons. The molecule has 0 aliphatic heterocycles. The third kappa shape index (κ3) is 4.12. The van der Waals surface area contributed by atoms with Crippen molar-refractivity contribution >= 4 is 45.0 Å². The maximum absolute atomic E-state index is 12.2. The molecule has 0 saturated heterocycles. The van der Waals surface area contributed by atoms with Crippen molar-refractivity contribution in [3.05, 3.63) is 65.7 Å². The number of nitrogens with one attached hydrogen (secondary N) is 3. The third-order valence-electron chi connectivity index (χ3n) is 5.80.